The Kier molecular flexibility index (Phi) is 0.388. The van der Waals surface area contributed by atoms with Gasteiger partial charge in [-0.25, -0.2) is 0 Å². The molecule has 5 fully saturated rings. The third-order valence-corrected chi connectivity index (χ3v) is 4.89. The molecule has 11 heavy (non-hydrogen) atoms. The van der Waals surface area contributed by atoms with Crippen LogP contribution >= 0.6 is 0 Å². The Morgan fingerprint density at radius 3 is 2.55 bits per heavy atom. The lowest BCUT2D eigenvalue weighted by atomic mass is 9.94. The molecule has 56 valence electrons. The summed E-state index contributed by atoms with van der Waals surface area (Å²) in [5, 5.41) is 8.96. The fourth-order valence-corrected chi connectivity index (χ4v) is 4.17. The topological polar surface area (TPSA) is 24.7 Å². The summed E-state index contributed by atoms with van der Waals surface area (Å²) in [4.78, 5) is 0. The highest BCUT2D eigenvalue weighted by Gasteiger charge is 2.89. The molecule has 0 aromatic carbocycles. The van der Waals surface area contributed by atoms with Gasteiger partial charge < -0.3 is 0 Å². The van der Waals surface area contributed by atoms with Crippen molar-refractivity contribution in [3.8, 4) is 0 Å². The Hall–Kier alpha value is -0.400. The SMILES string of the molecule is C1CC12N=NC1C3C4C3C4C12. The van der Waals surface area contributed by atoms with Crippen molar-refractivity contribution in [2.75, 3.05) is 0 Å². The molecule has 2 heteroatoms. The van der Waals surface area contributed by atoms with Gasteiger partial charge in [-0.3, -0.25) is 0 Å². The molecule has 5 saturated carbocycles. The second-order valence-corrected chi connectivity index (χ2v) is 5.14. The Bertz CT molecular complexity index is 295. The zero-order valence-electron chi connectivity index (χ0n) is 6.27. The molecule has 5 aliphatic carbocycles. The highest BCUT2D eigenvalue weighted by molar-refractivity contribution is 5.38. The molecule has 1 spiro atoms. The molecular formula is C9H10N2. The minimum absolute atomic E-state index is 0.438. The van der Waals surface area contributed by atoms with E-state index in [1.807, 2.05) is 0 Å². The maximum atomic E-state index is 4.48. The molecule has 0 radical (unpaired) electrons. The van der Waals surface area contributed by atoms with E-state index in [0.717, 1.165) is 35.6 Å². The first kappa shape index (κ1) is 4.58. The van der Waals surface area contributed by atoms with Gasteiger partial charge in [-0.1, -0.05) is 0 Å². The normalized spacial score (nSPS) is 74.9. The van der Waals surface area contributed by atoms with Crippen LogP contribution < -0.4 is 0 Å². The van der Waals surface area contributed by atoms with Gasteiger partial charge in [0.25, 0.3) is 0 Å². The maximum absolute atomic E-state index is 4.48. The smallest absolute Gasteiger partial charge is 0.0869 e. The third-order valence-electron chi connectivity index (χ3n) is 4.89. The van der Waals surface area contributed by atoms with E-state index in [0.29, 0.717) is 5.54 Å². The molecule has 4 atom stereocenters. The Morgan fingerprint density at radius 1 is 1.00 bits per heavy atom. The van der Waals surface area contributed by atoms with Gasteiger partial charge in [0.2, 0.25) is 0 Å². The summed E-state index contributed by atoms with van der Waals surface area (Å²) in [5.74, 6) is 5.40. The van der Waals surface area contributed by atoms with Crippen molar-refractivity contribution in [1.29, 1.82) is 0 Å². The molecule has 1 heterocycles. The number of azo groups is 1. The summed E-state index contributed by atoms with van der Waals surface area (Å²) >= 11 is 0. The quantitative estimate of drug-likeness (QED) is 0.494. The predicted molar refractivity (Wildman–Crippen MR) is 38.1 cm³/mol. The van der Waals surface area contributed by atoms with Gasteiger partial charge in [0.1, 0.15) is 0 Å². The van der Waals surface area contributed by atoms with Crippen LogP contribution in [-0.2, 0) is 0 Å². The molecule has 0 aromatic heterocycles. The average Bonchev–Trinajstić information content (AvgIpc) is 2.89. The number of hydrogen-bond donors (Lipinski definition) is 0. The van der Waals surface area contributed by atoms with Gasteiger partial charge in [0, 0.05) is 5.92 Å². The predicted octanol–water partition coefficient (Wildman–Crippen LogP) is 1.48. The summed E-state index contributed by atoms with van der Waals surface area (Å²) in [6, 6.07) is 0.720. The Labute approximate surface area is 65.1 Å². The van der Waals surface area contributed by atoms with Crippen molar-refractivity contribution < 1.29 is 0 Å². The first-order valence-corrected chi connectivity index (χ1v) is 4.84. The molecule has 0 N–H and O–H groups in total. The molecule has 0 amide bonds. The molecular weight excluding hydrogens is 136 g/mol. The van der Waals surface area contributed by atoms with Crippen LogP contribution in [0.1, 0.15) is 12.8 Å². The monoisotopic (exact) mass is 146 g/mol. The second-order valence-electron chi connectivity index (χ2n) is 5.14. The van der Waals surface area contributed by atoms with Crippen LogP contribution in [0.15, 0.2) is 10.2 Å². The van der Waals surface area contributed by atoms with E-state index >= 15 is 0 Å². The minimum atomic E-state index is 0.438. The Balaban J connectivity index is 1.76. The first-order valence-electron chi connectivity index (χ1n) is 4.84. The zero-order valence-corrected chi connectivity index (χ0v) is 6.27. The highest BCUT2D eigenvalue weighted by Crippen LogP contribution is 2.88. The van der Waals surface area contributed by atoms with Crippen LogP contribution in [0.25, 0.3) is 0 Å². The van der Waals surface area contributed by atoms with Crippen LogP contribution in [0.4, 0.5) is 0 Å². The molecule has 6 rings (SSSR count). The second kappa shape index (κ2) is 0.932. The number of hydrogen-bond acceptors (Lipinski definition) is 2. The van der Waals surface area contributed by atoms with Crippen LogP contribution in [-0.4, -0.2) is 11.6 Å². The molecule has 2 bridgehead atoms. The largest absolute Gasteiger partial charge is 0.190 e. The van der Waals surface area contributed by atoms with Crippen molar-refractivity contribution in [2.45, 2.75) is 24.4 Å². The van der Waals surface area contributed by atoms with E-state index in [-0.39, 0.29) is 0 Å². The fraction of sp³-hybridized carbons (Fsp3) is 1.00. The first-order chi connectivity index (χ1) is 5.42. The lowest BCUT2D eigenvalue weighted by Crippen LogP contribution is -2.21. The summed E-state index contributed by atoms with van der Waals surface area (Å²) < 4.78 is 0. The standard InChI is InChI=1S/C9H10N2/c1-2-9(1)7-5-3-4(5)6(3)8(7)10-11-9/h3-8H,1-2H2. The molecule has 0 aromatic rings. The molecule has 6 aliphatic rings. The summed E-state index contributed by atoms with van der Waals surface area (Å²) in [6.07, 6.45) is 2.72. The van der Waals surface area contributed by atoms with Gasteiger partial charge in [-0.2, -0.15) is 10.2 Å². The summed E-state index contributed by atoms with van der Waals surface area (Å²) in [6.45, 7) is 0. The number of nitrogens with zero attached hydrogens (tertiary/aromatic N) is 2. The summed E-state index contributed by atoms with van der Waals surface area (Å²) in [5.41, 5.74) is 0.438. The van der Waals surface area contributed by atoms with E-state index in [1.165, 1.54) is 12.8 Å². The van der Waals surface area contributed by atoms with E-state index in [1.54, 1.807) is 0 Å². The van der Waals surface area contributed by atoms with Gasteiger partial charge in [-0.05, 0) is 36.5 Å². The number of rotatable bonds is 0. The van der Waals surface area contributed by atoms with Crippen LogP contribution in [0.5, 0.6) is 0 Å². The molecule has 1 aliphatic heterocycles. The van der Waals surface area contributed by atoms with Gasteiger partial charge in [0.05, 0.1) is 11.6 Å². The van der Waals surface area contributed by atoms with Crippen molar-refractivity contribution in [3.63, 3.8) is 0 Å². The summed E-state index contributed by atoms with van der Waals surface area (Å²) in [7, 11) is 0. The lowest BCUT2D eigenvalue weighted by molar-refractivity contribution is 0.409. The van der Waals surface area contributed by atoms with Crippen LogP contribution in [0.3, 0.4) is 0 Å². The third kappa shape index (κ3) is 0.279. The van der Waals surface area contributed by atoms with E-state index in [9.17, 15) is 0 Å². The van der Waals surface area contributed by atoms with Gasteiger partial charge >= 0.3 is 0 Å². The van der Waals surface area contributed by atoms with Crippen LogP contribution in [0, 0.1) is 29.6 Å². The maximum Gasteiger partial charge on any atom is 0.0869 e. The van der Waals surface area contributed by atoms with E-state index in [4.69, 9.17) is 0 Å². The van der Waals surface area contributed by atoms with Crippen LogP contribution in [0.2, 0.25) is 0 Å². The van der Waals surface area contributed by atoms with Crippen molar-refractivity contribution >= 4 is 0 Å². The molecule has 4 unspecified atom stereocenters. The zero-order chi connectivity index (χ0) is 6.79. The minimum Gasteiger partial charge on any atom is -0.190 e. The highest BCUT2D eigenvalue weighted by atomic mass is 15.3. The van der Waals surface area contributed by atoms with Crippen molar-refractivity contribution in [1.82, 2.24) is 0 Å². The molecule has 0 saturated heterocycles. The van der Waals surface area contributed by atoms with Gasteiger partial charge in [0.15, 0.2) is 0 Å². The lowest BCUT2D eigenvalue weighted by Gasteiger charge is -2.11. The van der Waals surface area contributed by atoms with Gasteiger partial charge in [-0.15, -0.1) is 0 Å². The Morgan fingerprint density at radius 2 is 1.82 bits per heavy atom. The fourth-order valence-electron chi connectivity index (χ4n) is 4.17. The molecule has 2 nitrogen and oxygen atoms in total. The van der Waals surface area contributed by atoms with E-state index < -0.39 is 0 Å². The van der Waals surface area contributed by atoms with Crippen molar-refractivity contribution in [3.05, 3.63) is 0 Å². The van der Waals surface area contributed by atoms with Crippen molar-refractivity contribution in [2.24, 2.45) is 39.8 Å². The van der Waals surface area contributed by atoms with E-state index in [2.05, 4.69) is 10.2 Å². The average molecular weight is 146 g/mol.